The second kappa shape index (κ2) is 8.82. The molecule has 0 fully saturated rings. The molecule has 0 N–H and O–H groups in total. The van der Waals surface area contributed by atoms with Crippen molar-refractivity contribution in [2.45, 2.75) is 84.0 Å². The maximum atomic E-state index is 15.0. The Balaban J connectivity index is 1.68. The quantitative estimate of drug-likeness (QED) is 0.124. The third kappa shape index (κ3) is 3.44. The molecule has 0 radical (unpaired) electrons. The summed E-state index contributed by atoms with van der Waals surface area (Å²) in [6.07, 6.45) is 0. The fourth-order valence-corrected chi connectivity index (χ4v) is 8.78. The molecule has 0 unspecified atom stereocenters. The molecule has 3 nitrogen and oxygen atoms in total. The van der Waals surface area contributed by atoms with E-state index in [0.717, 1.165) is 44.4 Å². The second-order valence-corrected chi connectivity index (χ2v) is 17.3. The molecule has 238 valence electrons. The van der Waals surface area contributed by atoms with E-state index in [9.17, 15) is 0 Å². The summed E-state index contributed by atoms with van der Waals surface area (Å²) >= 11 is 0. The van der Waals surface area contributed by atoms with Gasteiger partial charge in [-0.2, -0.15) is 0 Å². The van der Waals surface area contributed by atoms with Crippen molar-refractivity contribution in [3.63, 3.8) is 0 Å². The van der Waals surface area contributed by atoms with Gasteiger partial charge < -0.3 is 4.40 Å². The number of benzene rings is 5. The lowest BCUT2D eigenvalue weighted by Gasteiger charge is -2.41. The molecule has 5 aromatic carbocycles. The van der Waals surface area contributed by atoms with Crippen LogP contribution in [0.15, 0.2) is 94.5 Å². The van der Waals surface area contributed by atoms with Crippen molar-refractivity contribution in [2.75, 3.05) is 0 Å². The van der Waals surface area contributed by atoms with Gasteiger partial charge in [0.25, 0.3) is 0 Å². The largest absolute Gasteiger partial charge is 0.307 e. The Kier molecular flexibility index (Phi) is 5.40. The van der Waals surface area contributed by atoms with Crippen molar-refractivity contribution in [1.29, 1.82) is 0 Å². The van der Waals surface area contributed by atoms with E-state index in [1.807, 2.05) is 0 Å². The van der Waals surface area contributed by atoms with Gasteiger partial charge in [-0.3, -0.25) is 9.59 Å². The highest BCUT2D eigenvalue weighted by atomic mass is 16.1. The highest BCUT2D eigenvalue weighted by Crippen LogP contribution is 2.60. The number of nitrogens with zero attached hydrogens (tertiary/aromatic N) is 1. The lowest BCUT2D eigenvalue weighted by molar-refractivity contribution is 0.586. The first-order valence-corrected chi connectivity index (χ1v) is 17.2. The smallest absolute Gasteiger partial charge is 0.197 e. The lowest BCUT2D eigenvalue weighted by Crippen LogP contribution is -2.35. The van der Waals surface area contributed by atoms with Crippen LogP contribution in [0.25, 0.3) is 49.2 Å². The SMILES string of the molecule is CC(C)(C)c1cc2c3c(c1)c(=O)c1cc(C(C)(C)C)cc4c(=O)c5cc(C(C)(C)C)cc(c5n3c14)C21c2ccccc2-c2ccccc21. The van der Waals surface area contributed by atoms with E-state index in [-0.39, 0.29) is 27.1 Å². The normalized spacial score (nSPS) is 15.1. The van der Waals surface area contributed by atoms with Gasteiger partial charge in [-0.25, -0.2) is 0 Å². The number of rotatable bonds is 0. The van der Waals surface area contributed by atoms with Crippen molar-refractivity contribution in [1.82, 2.24) is 4.40 Å². The molecule has 0 saturated carbocycles. The molecule has 48 heavy (non-hydrogen) atoms. The Bertz CT molecular complexity index is 2530. The summed E-state index contributed by atoms with van der Waals surface area (Å²) in [4.78, 5) is 30.1. The monoisotopic (exact) mass is 627 g/mol. The molecule has 3 heteroatoms. The van der Waals surface area contributed by atoms with Gasteiger partial charge in [0.05, 0.1) is 22.0 Å². The van der Waals surface area contributed by atoms with E-state index in [0.29, 0.717) is 21.5 Å². The fourth-order valence-electron chi connectivity index (χ4n) is 8.78. The zero-order valence-corrected chi connectivity index (χ0v) is 29.3. The van der Waals surface area contributed by atoms with Gasteiger partial charge in [0.2, 0.25) is 0 Å². The maximum Gasteiger partial charge on any atom is 0.197 e. The van der Waals surface area contributed by atoms with E-state index < -0.39 is 5.41 Å². The van der Waals surface area contributed by atoms with Crippen LogP contribution < -0.4 is 10.9 Å². The minimum atomic E-state index is -0.721. The first-order valence-electron chi connectivity index (χ1n) is 17.2. The van der Waals surface area contributed by atoms with Crippen LogP contribution in [0.5, 0.6) is 0 Å². The van der Waals surface area contributed by atoms with E-state index in [4.69, 9.17) is 0 Å². The molecule has 0 amide bonds. The minimum absolute atomic E-state index is 0.00308. The van der Waals surface area contributed by atoms with Gasteiger partial charge in [0.15, 0.2) is 10.9 Å². The Morgan fingerprint density at radius 1 is 0.438 bits per heavy atom. The molecule has 0 atom stereocenters. The van der Waals surface area contributed by atoms with Crippen molar-refractivity contribution in [3.8, 4) is 11.1 Å². The zero-order chi connectivity index (χ0) is 33.9. The van der Waals surface area contributed by atoms with Gasteiger partial charge >= 0.3 is 0 Å². The molecule has 9 rings (SSSR count). The maximum absolute atomic E-state index is 15.0. The van der Waals surface area contributed by atoms with E-state index >= 15 is 9.59 Å². The van der Waals surface area contributed by atoms with Crippen LogP contribution in [0.3, 0.4) is 0 Å². The van der Waals surface area contributed by atoms with Crippen molar-refractivity contribution >= 4 is 38.1 Å². The summed E-state index contributed by atoms with van der Waals surface area (Å²) in [5.41, 5.74) is 11.5. The molecule has 1 aliphatic heterocycles. The summed E-state index contributed by atoms with van der Waals surface area (Å²) < 4.78 is 2.31. The first-order chi connectivity index (χ1) is 22.5. The standard InChI is InChI=1S/C45H41NO2/c1-42(2,3)24-18-29-37-30(19-24)41(48)32-21-26(44(7,8)9)23-36-39(32)46(37)38-31(40(29)47)20-25(43(4,5)6)22-35(38)45(36)33-16-12-10-14-27(33)28-15-11-13-17-34(28)45/h10-23H,1-9H3. The Labute approximate surface area is 281 Å². The molecular weight excluding hydrogens is 587 g/mol. The predicted octanol–water partition coefficient (Wildman–Crippen LogP) is 10.1. The summed E-state index contributed by atoms with van der Waals surface area (Å²) in [6, 6.07) is 30.6. The molecule has 3 heterocycles. The van der Waals surface area contributed by atoms with Crippen LogP contribution in [0.4, 0.5) is 0 Å². The van der Waals surface area contributed by atoms with E-state index in [2.05, 4.69) is 152 Å². The molecular formula is C45H41NO2. The topological polar surface area (TPSA) is 38.5 Å². The number of hydrogen-bond acceptors (Lipinski definition) is 2. The van der Waals surface area contributed by atoms with E-state index in [1.165, 1.54) is 22.3 Å². The second-order valence-electron chi connectivity index (χ2n) is 17.3. The van der Waals surface area contributed by atoms with Crippen LogP contribution in [-0.2, 0) is 21.7 Å². The van der Waals surface area contributed by atoms with Crippen LogP contribution >= 0.6 is 0 Å². The Morgan fingerprint density at radius 3 is 1.15 bits per heavy atom. The number of fused-ring (bicyclic) bond motifs is 7. The average Bonchev–Trinajstić information content (AvgIpc) is 3.32. The highest BCUT2D eigenvalue weighted by Gasteiger charge is 2.51. The average molecular weight is 628 g/mol. The molecule has 2 aliphatic rings. The van der Waals surface area contributed by atoms with Crippen LogP contribution in [0, 0.1) is 0 Å². The van der Waals surface area contributed by atoms with Crippen LogP contribution in [0.2, 0.25) is 0 Å². The summed E-state index contributed by atoms with van der Waals surface area (Å²) in [7, 11) is 0. The van der Waals surface area contributed by atoms with Gasteiger partial charge in [0.1, 0.15) is 0 Å². The third-order valence-corrected chi connectivity index (χ3v) is 11.3. The van der Waals surface area contributed by atoms with Crippen molar-refractivity contribution in [2.24, 2.45) is 0 Å². The summed E-state index contributed by atoms with van der Waals surface area (Å²) in [5.74, 6) is 0. The van der Waals surface area contributed by atoms with Crippen molar-refractivity contribution in [3.05, 3.63) is 144 Å². The van der Waals surface area contributed by atoms with E-state index in [1.54, 1.807) is 0 Å². The minimum Gasteiger partial charge on any atom is -0.307 e. The first kappa shape index (κ1) is 29.4. The molecule has 1 aliphatic carbocycles. The summed E-state index contributed by atoms with van der Waals surface area (Å²) in [5, 5.41) is 2.67. The van der Waals surface area contributed by atoms with Gasteiger partial charge in [0, 0.05) is 21.5 Å². The number of pyridine rings is 2. The number of aromatic nitrogens is 1. The number of hydrogen-bond donors (Lipinski definition) is 0. The fraction of sp³-hybridized carbons (Fsp3) is 0.289. The zero-order valence-electron chi connectivity index (χ0n) is 29.3. The molecule has 0 bridgehead atoms. The molecule has 2 aromatic heterocycles. The van der Waals surface area contributed by atoms with Gasteiger partial charge in [-0.1, -0.05) is 123 Å². The predicted molar refractivity (Wildman–Crippen MR) is 201 cm³/mol. The van der Waals surface area contributed by atoms with Crippen LogP contribution in [0.1, 0.15) is 101 Å². The van der Waals surface area contributed by atoms with Crippen LogP contribution in [-0.4, -0.2) is 4.40 Å². The molecule has 7 aromatic rings. The van der Waals surface area contributed by atoms with Crippen molar-refractivity contribution < 1.29 is 0 Å². The highest BCUT2D eigenvalue weighted by molar-refractivity contribution is 6.12. The van der Waals surface area contributed by atoms with Gasteiger partial charge in [-0.15, -0.1) is 0 Å². The molecule has 0 saturated heterocycles. The summed E-state index contributed by atoms with van der Waals surface area (Å²) in [6.45, 7) is 19.8. The molecule has 1 spiro atoms. The Morgan fingerprint density at radius 2 is 0.771 bits per heavy atom. The van der Waals surface area contributed by atoms with Gasteiger partial charge in [-0.05, 0) is 90.6 Å². The lowest BCUT2D eigenvalue weighted by atomic mass is 9.63. The Hall–Kier alpha value is -4.76. The third-order valence-electron chi connectivity index (χ3n) is 11.3.